The molecule has 0 aliphatic carbocycles. The van der Waals surface area contributed by atoms with Crippen molar-refractivity contribution in [3.63, 3.8) is 0 Å². The van der Waals surface area contributed by atoms with Crippen molar-refractivity contribution in [3.8, 4) is 5.75 Å². The number of benzene rings is 1. The van der Waals surface area contributed by atoms with Crippen molar-refractivity contribution in [2.24, 2.45) is 5.14 Å². The maximum absolute atomic E-state index is 11.5. The molecular formula is C11H17N3O4S. The first-order valence-corrected chi connectivity index (χ1v) is 7.31. The van der Waals surface area contributed by atoms with E-state index in [2.05, 4.69) is 10.6 Å². The van der Waals surface area contributed by atoms with Crippen molar-refractivity contribution in [3.05, 3.63) is 24.3 Å². The molecule has 0 heterocycles. The van der Waals surface area contributed by atoms with Crippen LogP contribution in [0.3, 0.4) is 0 Å². The van der Waals surface area contributed by atoms with Gasteiger partial charge in [0.2, 0.25) is 10.0 Å². The lowest BCUT2D eigenvalue weighted by Crippen LogP contribution is -2.31. The van der Waals surface area contributed by atoms with Gasteiger partial charge in [-0.1, -0.05) is 0 Å². The van der Waals surface area contributed by atoms with Crippen molar-refractivity contribution >= 4 is 21.7 Å². The summed E-state index contributed by atoms with van der Waals surface area (Å²) in [5, 5.41) is 9.97. The van der Waals surface area contributed by atoms with Crippen molar-refractivity contribution < 1.29 is 17.9 Å². The first kappa shape index (κ1) is 15.3. The van der Waals surface area contributed by atoms with Gasteiger partial charge in [0.25, 0.3) is 0 Å². The third-order valence-electron chi connectivity index (χ3n) is 2.24. The van der Waals surface area contributed by atoms with Crippen LogP contribution in [-0.4, -0.2) is 33.9 Å². The smallest absolute Gasteiger partial charge is 0.319 e. The van der Waals surface area contributed by atoms with E-state index >= 15 is 0 Å². The van der Waals surface area contributed by atoms with E-state index in [1.54, 1.807) is 31.4 Å². The second-order valence-electron chi connectivity index (χ2n) is 3.83. The van der Waals surface area contributed by atoms with E-state index in [1.807, 2.05) is 0 Å². The van der Waals surface area contributed by atoms with Gasteiger partial charge >= 0.3 is 6.03 Å². The molecular weight excluding hydrogens is 270 g/mol. The molecule has 7 nitrogen and oxygen atoms in total. The predicted molar refractivity (Wildman–Crippen MR) is 72.6 cm³/mol. The number of primary sulfonamides is 1. The number of carbonyl (C=O) groups excluding carboxylic acids is 1. The van der Waals surface area contributed by atoms with Gasteiger partial charge in [-0.2, -0.15) is 0 Å². The van der Waals surface area contributed by atoms with Crippen LogP contribution in [0.1, 0.15) is 6.42 Å². The van der Waals surface area contributed by atoms with Crippen LogP contribution in [0, 0.1) is 0 Å². The summed E-state index contributed by atoms with van der Waals surface area (Å²) in [4.78, 5) is 11.5. The Morgan fingerprint density at radius 1 is 1.32 bits per heavy atom. The Morgan fingerprint density at radius 2 is 1.95 bits per heavy atom. The summed E-state index contributed by atoms with van der Waals surface area (Å²) < 4.78 is 26.3. The summed E-state index contributed by atoms with van der Waals surface area (Å²) in [5.74, 6) is 0.537. The number of hydrogen-bond donors (Lipinski definition) is 3. The molecule has 0 aliphatic heterocycles. The Morgan fingerprint density at radius 3 is 2.47 bits per heavy atom. The number of sulfonamides is 1. The summed E-state index contributed by atoms with van der Waals surface area (Å²) in [6.07, 6.45) is 0.273. The maximum Gasteiger partial charge on any atom is 0.319 e. The number of nitrogens with two attached hydrogens (primary N) is 1. The molecule has 0 unspecified atom stereocenters. The topological polar surface area (TPSA) is 111 Å². The molecule has 2 amide bonds. The van der Waals surface area contributed by atoms with E-state index in [4.69, 9.17) is 9.88 Å². The van der Waals surface area contributed by atoms with Crippen LogP contribution >= 0.6 is 0 Å². The zero-order valence-corrected chi connectivity index (χ0v) is 11.4. The summed E-state index contributed by atoms with van der Waals surface area (Å²) in [7, 11) is -1.92. The lowest BCUT2D eigenvalue weighted by Gasteiger charge is -2.07. The molecule has 0 saturated heterocycles. The molecule has 0 aliphatic rings. The highest BCUT2D eigenvalue weighted by Crippen LogP contribution is 2.14. The molecule has 0 atom stereocenters. The number of ether oxygens (including phenoxy) is 1. The third-order valence-corrected chi connectivity index (χ3v) is 3.10. The van der Waals surface area contributed by atoms with Crippen LogP contribution in [0.15, 0.2) is 24.3 Å². The SMILES string of the molecule is COc1ccc(NC(=O)NCCCS(N)(=O)=O)cc1. The third kappa shape index (κ3) is 6.63. The van der Waals surface area contributed by atoms with Gasteiger partial charge in [0, 0.05) is 12.2 Å². The lowest BCUT2D eigenvalue weighted by molar-refractivity contribution is 0.252. The molecule has 0 aromatic heterocycles. The lowest BCUT2D eigenvalue weighted by atomic mass is 10.3. The van der Waals surface area contributed by atoms with Gasteiger partial charge in [0.15, 0.2) is 0 Å². The first-order chi connectivity index (χ1) is 8.90. The summed E-state index contributed by atoms with van der Waals surface area (Å²) in [6.45, 7) is 0.235. The highest BCUT2D eigenvalue weighted by molar-refractivity contribution is 7.89. The van der Waals surface area contributed by atoms with Crippen molar-refractivity contribution in [2.75, 3.05) is 24.7 Å². The monoisotopic (exact) mass is 287 g/mol. The summed E-state index contributed by atoms with van der Waals surface area (Å²) in [6, 6.07) is 6.43. The van der Waals surface area contributed by atoms with Gasteiger partial charge in [-0.15, -0.1) is 0 Å². The second kappa shape index (κ2) is 6.95. The quantitative estimate of drug-likeness (QED) is 0.661. The number of rotatable bonds is 6. The predicted octanol–water partition coefficient (Wildman–Crippen LogP) is 0.495. The van der Waals surface area contributed by atoms with Gasteiger partial charge in [-0.3, -0.25) is 0 Å². The van der Waals surface area contributed by atoms with Crippen molar-refractivity contribution in [2.45, 2.75) is 6.42 Å². The maximum atomic E-state index is 11.5. The molecule has 1 aromatic carbocycles. The van der Waals surface area contributed by atoms with Crippen LogP contribution in [0.5, 0.6) is 5.75 Å². The summed E-state index contributed by atoms with van der Waals surface area (Å²) >= 11 is 0. The Kier molecular flexibility index (Phi) is 5.58. The number of hydrogen-bond acceptors (Lipinski definition) is 4. The van der Waals surface area contributed by atoms with Gasteiger partial charge in [0.1, 0.15) is 5.75 Å². The Bertz CT molecular complexity index is 513. The molecule has 0 bridgehead atoms. The molecule has 106 valence electrons. The van der Waals surface area contributed by atoms with Crippen LogP contribution < -0.4 is 20.5 Å². The number of nitrogens with one attached hydrogen (secondary N) is 2. The minimum absolute atomic E-state index is 0.157. The number of amides is 2. The van der Waals surface area contributed by atoms with Crippen LogP contribution in [0.2, 0.25) is 0 Å². The van der Waals surface area contributed by atoms with Gasteiger partial charge in [0.05, 0.1) is 12.9 Å². The number of carbonyl (C=O) groups is 1. The fourth-order valence-corrected chi connectivity index (χ4v) is 1.87. The number of methoxy groups -OCH3 is 1. The molecule has 8 heteroatoms. The van der Waals surface area contributed by atoms with Crippen LogP contribution in [0.4, 0.5) is 10.5 Å². The minimum Gasteiger partial charge on any atom is -0.497 e. The minimum atomic E-state index is -3.47. The molecule has 0 saturated carbocycles. The fourth-order valence-electron chi connectivity index (χ4n) is 1.32. The largest absolute Gasteiger partial charge is 0.497 e. The Labute approximate surface area is 112 Å². The molecule has 0 spiro atoms. The summed E-state index contributed by atoms with van der Waals surface area (Å²) in [5.41, 5.74) is 0.616. The highest BCUT2D eigenvalue weighted by Gasteiger charge is 2.04. The zero-order chi connectivity index (χ0) is 14.3. The average molecular weight is 287 g/mol. The van der Waals surface area contributed by atoms with E-state index in [0.717, 1.165) is 0 Å². The van der Waals surface area contributed by atoms with E-state index in [1.165, 1.54) is 0 Å². The molecule has 19 heavy (non-hydrogen) atoms. The molecule has 0 fully saturated rings. The van der Waals surface area contributed by atoms with E-state index in [9.17, 15) is 13.2 Å². The second-order valence-corrected chi connectivity index (χ2v) is 5.56. The molecule has 4 N–H and O–H groups in total. The number of anilines is 1. The highest BCUT2D eigenvalue weighted by atomic mass is 32.2. The molecule has 1 rings (SSSR count). The van der Waals surface area contributed by atoms with Crippen LogP contribution in [-0.2, 0) is 10.0 Å². The van der Waals surface area contributed by atoms with E-state index < -0.39 is 16.1 Å². The van der Waals surface area contributed by atoms with E-state index in [0.29, 0.717) is 11.4 Å². The van der Waals surface area contributed by atoms with Crippen molar-refractivity contribution in [1.82, 2.24) is 5.32 Å². The number of urea groups is 1. The first-order valence-electron chi connectivity index (χ1n) is 5.60. The average Bonchev–Trinajstić information content (AvgIpc) is 2.34. The van der Waals surface area contributed by atoms with Gasteiger partial charge in [-0.05, 0) is 30.7 Å². The normalized spacial score (nSPS) is 10.8. The Balaban J connectivity index is 2.30. The van der Waals surface area contributed by atoms with E-state index in [-0.39, 0.29) is 18.7 Å². The van der Waals surface area contributed by atoms with Crippen molar-refractivity contribution in [1.29, 1.82) is 0 Å². The molecule has 0 radical (unpaired) electrons. The Hall–Kier alpha value is -1.80. The van der Waals surface area contributed by atoms with Gasteiger partial charge in [-0.25, -0.2) is 18.4 Å². The standard InChI is InChI=1S/C11H17N3O4S/c1-18-10-5-3-9(4-6-10)14-11(15)13-7-2-8-19(12,16)17/h3-6H,2,7-8H2,1H3,(H2,12,16,17)(H2,13,14,15). The fraction of sp³-hybridized carbons (Fsp3) is 0.364. The van der Waals surface area contributed by atoms with Gasteiger partial charge < -0.3 is 15.4 Å². The van der Waals surface area contributed by atoms with Crippen LogP contribution in [0.25, 0.3) is 0 Å². The zero-order valence-electron chi connectivity index (χ0n) is 10.5. The molecule has 1 aromatic rings.